The lowest BCUT2D eigenvalue weighted by Gasteiger charge is -2.30. The third-order valence-corrected chi connectivity index (χ3v) is 13.5. The van der Waals surface area contributed by atoms with Crippen LogP contribution in [0.3, 0.4) is 0 Å². The predicted molar refractivity (Wildman–Crippen MR) is 262 cm³/mol. The number of benzene rings is 9. The molecule has 0 amide bonds. The lowest BCUT2D eigenvalue weighted by Crippen LogP contribution is -2.17. The predicted octanol–water partition coefficient (Wildman–Crippen LogP) is 16.6. The van der Waals surface area contributed by atoms with Crippen LogP contribution in [-0.4, -0.2) is 0 Å². The topological polar surface area (TPSA) is 6.48 Å². The van der Waals surface area contributed by atoms with Crippen LogP contribution in [0.4, 0.5) is 34.1 Å². The van der Waals surface area contributed by atoms with Crippen LogP contribution in [-0.2, 0) is 10.8 Å². The fourth-order valence-electron chi connectivity index (χ4n) is 10.2. The highest BCUT2D eigenvalue weighted by Gasteiger charge is 2.37. The summed E-state index contributed by atoms with van der Waals surface area (Å²) in [5, 5.41) is 0. The minimum absolute atomic E-state index is 0.114. The Morgan fingerprint density at radius 2 is 0.516 bits per heavy atom. The molecule has 298 valence electrons. The van der Waals surface area contributed by atoms with Crippen LogP contribution < -0.4 is 9.80 Å². The van der Waals surface area contributed by atoms with Crippen molar-refractivity contribution in [3.8, 4) is 44.5 Å². The first-order valence-corrected chi connectivity index (χ1v) is 21.8. The molecule has 0 spiro atoms. The van der Waals surface area contributed by atoms with Crippen molar-refractivity contribution in [2.45, 2.75) is 38.5 Å². The highest BCUT2D eigenvalue weighted by molar-refractivity contribution is 5.89. The maximum absolute atomic E-state index is 2.42. The third kappa shape index (κ3) is 6.17. The van der Waals surface area contributed by atoms with Crippen molar-refractivity contribution in [3.63, 3.8) is 0 Å². The van der Waals surface area contributed by atoms with E-state index in [-0.39, 0.29) is 10.8 Å². The highest BCUT2D eigenvalue weighted by atomic mass is 15.2. The van der Waals surface area contributed by atoms with E-state index in [0.29, 0.717) is 0 Å². The smallest absolute Gasteiger partial charge is 0.0465 e. The van der Waals surface area contributed by atoms with Gasteiger partial charge in [-0.25, -0.2) is 0 Å². The number of hydrogen-bond acceptors (Lipinski definition) is 2. The molecule has 0 fully saturated rings. The van der Waals surface area contributed by atoms with Crippen LogP contribution >= 0.6 is 0 Å². The first kappa shape index (κ1) is 37.6. The zero-order chi connectivity index (χ0) is 42.0. The number of fused-ring (bicyclic) bond motifs is 6. The Hall–Kier alpha value is -7.42. The van der Waals surface area contributed by atoms with Crippen LogP contribution in [0.1, 0.15) is 49.9 Å². The Morgan fingerprint density at radius 3 is 0.887 bits per heavy atom. The monoisotopic (exact) mass is 796 g/mol. The van der Waals surface area contributed by atoms with E-state index in [0.717, 1.165) is 34.1 Å². The van der Waals surface area contributed by atoms with Crippen molar-refractivity contribution >= 4 is 34.1 Å². The van der Waals surface area contributed by atoms with Crippen LogP contribution in [0, 0.1) is 0 Å². The summed E-state index contributed by atoms with van der Waals surface area (Å²) in [5.74, 6) is 0. The standard InChI is InChI=1S/C60H48N2/c1-59(2)55-21-13-11-19-51(55)53-37-35-49(39-57(53)59)61(45-27-23-43(24-28-45)41-15-7-5-8-16-41)47-31-33-48(34-32-47)62(46-29-25-44(26-30-46)42-17-9-6-10-18-42)50-36-38-54-52-20-12-14-22-56(52)60(3,4)58(54)40-50/h5-40H,1-4H3. The van der Waals surface area contributed by atoms with E-state index in [4.69, 9.17) is 0 Å². The van der Waals surface area contributed by atoms with Gasteiger partial charge in [0.2, 0.25) is 0 Å². The molecular formula is C60H48N2. The lowest BCUT2D eigenvalue weighted by molar-refractivity contribution is 0.660. The van der Waals surface area contributed by atoms with Crippen LogP contribution in [0.5, 0.6) is 0 Å². The van der Waals surface area contributed by atoms with E-state index in [1.165, 1.54) is 66.8 Å². The van der Waals surface area contributed by atoms with E-state index in [1.54, 1.807) is 0 Å². The van der Waals surface area contributed by atoms with Gasteiger partial charge in [0.05, 0.1) is 0 Å². The number of anilines is 6. The summed E-state index contributed by atoms with van der Waals surface area (Å²) in [7, 11) is 0. The maximum Gasteiger partial charge on any atom is 0.0465 e. The molecule has 9 aromatic rings. The van der Waals surface area contributed by atoms with Gasteiger partial charge in [0, 0.05) is 45.0 Å². The average Bonchev–Trinajstić information content (AvgIpc) is 3.69. The summed E-state index contributed by atoms with van der Waals surface area (Å²) >= 11 is 0. The van der Waals surface area contributed by atoms with Gasteiger partial charge in [-0.15, -0.1) is 0 Å². The van der Waals surface area contributed by atoms with E-state index in [1.807, 2.05) is 0 Å². The van der Waals surface area contributed by atoms with Crippen LogP contribution in [0.15, 0.2) is 218 Å². The fourth-order valence-corrected chi connectivity index (χ4v) is 10.2. The minimum Gasteiger partial charge on any atom is -0.310 e. The molecule has 2 heteroatoms. The van der Waals surface area contributed by atoms with Crippen LogP contribution in [0.25, 0.3) is 44.5 Å². The normalized spacial score (nSPS) is 13.7. The van der Waals surface area contributed by atoms with Gasteiger partial charge in [-0.2, -0.15) is 0 Å². The summed E-state index contributed by atoms with van der Waals surface area (Å²) in [5.41, 5.74) is 22.0. The molecule has 2 aliphatic carbocycles. The second-order valence-corrected chi connectivity index (χ2v) is 17.8. The second-order valence-electron chi connectivity index (χ2n) is 17.8. The van der Waals surface area contributed by atoms with Crippen molar-refractivity contribution < 1.29 is 0 Å². The summed E-state index contributed by atoms with van der Waals surface area (Å²) < 4.78 is 0. The molecular weight excluding hydrogens is 749 g/mol. The number of hydrogen-bond donors (Lipinski definition) is 0. The van der Waals surface area contributed by atoms with E-state index in [2.05, 4.69) is 256 Å². The van der Waals surface area contributed by atoms with Gasteiger partial charge in [0.1, 0.15) is 0 Å². The van der Waals surface area contributed by atoms with Crippen molar-refractivity contribution in [2.75, 3.05) is 9.80 Å². The van der Waals surface area contributed by atoms with Gasteiger partial charge < -0.3 is 9.80 Å². The first-order chi connectivity index (χ1) is 30.3. The molecule has 0 aliphatic heterocycles. The van der Waals surface area contributed by atoms with Gasteiger partial charge in [-0.3, -0.25) is 0 Å². The average molecular weight is 797 g/mol. The third-order valence-electron chi connectivity index (χ3n) is 13.5. The molecule has 0 radical (unpaired) electrons. The maximum atomic E-state index is 2.42. The summed E-state index contributed by atoms with van der Waals surface area (Å²) in [6.07, 6.45) is 0. The van der Waals surface area contributed by atoms with Gasteiger partial charge in [-0.05, 0) is 140 Å². The van der Waals surface area contributed by atoms with Gasteiger partial charge >= 0.3 is 0 Å². The Balaban J connectivity index is 1.03. The molecule has 0 aromatic heterocycles. The molecule has 0 saturated carbocycles. The zero-order valence-electron chi connectivity index (χ0n) is 35.7. The lowest BCUT2D eigenvalue weighted by atomic mass is 9.82. The van der Waals surface area contributed by atoms with Crippen molar-refractivity contribution in [2.24, 2.45) is 0 Å². The Labute approximate surface area is 366 Å². The molecule has 11 rings (SSSR count). The Bertz CT molecular complexity index is 2880. The summed E-state index contributed by atoms with van der Waals surface area (Å²) in [6, 6.07) is 80.2. The Morgan fingerprint density at radius 1 is 0.242 bits per heavy atom. The molecule has 0 bridgehead atoms. The summed E-state index contributed by atoms with van der Waals surface area (Å²) in [4.78, 5) is 4.82. The first-order valence-electron chi connectivity index (χ1n) is 21.8. The second kappa shape index (κ2) is 14.6. The molecule has 0 unspecified atom stereocenters. The van der Waals surface area contributed by atoms with Gasteiger partial charge in [0.25, 0.3) is 0 Å². The molecule has 0 atom stereocenters. The highest BCUT2D eigenvalue weighted by Crippen LogP contribution is 2.52. The van der Waals surface area contributed by atoms with Crippen molar-refractivity contribution in [1.82, 2.24) is 0 Å². The van der Waals surface area contributed by atoms with Gasteiger partial charge in [-0.1, -0.05) is 173 Å². The van der Waals surface area contributed by atoms with E-state index >= 15 is 0 Å². The minimum atomic E-state index is -0.114. The van der Waals surface area contributed by atoms with Crippen molar-refractivity contribution in [1.29, 1.82) is 0 Å². The fraction of sp³-hybridized carbons (Fsp3) is 0.100. The SMILES string of the molecule is CC1(C)c2ccccc2-c2ccc(N(c3ccc(-c4ccccc4)cc3)c3ccc(N(c4ccc(-c5ccccc5)cc4)c4ccc5c(c4)C(C)(C)c4ccccc4-5)cc3)cc21. The molecule has 9 aromatic carbocycles. The quantitative estimate of drug-likeness (QED) is 0.151. The summed E-state index contributed by atoms with van der Waals surface area (Å²) in [6.45, 7) is 9.42. The van der Waals surface area contributed by atoms with Crippen LogP contribution in [0.2, 0.25) is 0 Å². The molecule has 0 heterocycles. The Kier molecular flexibility index (Phi) is 8.87. The largest absolute Gasteiger partial charge is 0.310 e. The van der Waals surface area contributed by atoms with E-state index < -0.39 is 0 Å². The number of rotatable bonds is 8. The molecule has 0 N–H and O–H groups in total. The van der Waals surface area contributed by atoms with E-state index in [9.17, 15) is 0 Å². The zero-order valence-corrected chi connectivity index (χ0v) is 35.7. The molecule has 0 saturated heterocycles. The van der Waals surface area contributed by atoms with Crippen molar-refractivity contribution in [3.05, 3.63) is 241 Å². The molecule has 2 aliphatic rings. The van der Waals surface area contributed by atoms with Gasteiger partial charge in [0.15, 0.2) is 0 Å². The molecule has 2 nitrogen and oxygen atoms in total. The molecule has 62 heavy (non-hydrogen) atoms. The number of nitrogens with zero attached hydrogens (tertiary/aromatic N) is 2.